The molecule has 11 nitrogen and oxygen atoms in total. The molecule has 1 aromatic rings. The largest absolute Gasteiger partial charge is 0.493 e. The SMILES string of the molecule is COC(=O)/C=C/c1ccc(OCC(=O)NCCOCCOCCNC(=O)OC(C)(C)C)c(OC)c1. The number of hydrogen-bond donors (Lipinski definition) is 2. The highest BCUT2D eigenvalue weighted by Gasteiger charge is 2.15. The molecular formula is C24H36N2O9. The van der Waals surface area contributed by atoms with Crippen LogP contribution in [-0.2, 0) is 28.5 Å². The van der Waals surface area contributed by atoms with Crippen LogP contribution in [-0.4, -0.2) is 83.9 Å². The van der Waals surface area contributed by atoms with E-state index in [4.69, 9.17) is 23.7 Å². The number of nitrogens with one attached hydrogen (secondary N) is 2. The summed E-state index contributed by atoms with van der Waals surface area (Å²) in [6.45, 7) is 7.20. The third-order valence-electron chi connectivity index (χ3n) is 4.01. The van der Waals surface area contributed by atoms with Crippen molar-refractivity contribution in [1.82, 2.24) is 10.6 Å². The van der Waals surface area contributed by atoms with Gasteiger partial charge in [-0.05, 0) is 44.5 Å². The Labute approximate surface area is 206 Å². The maximum atomic E-state index is 12.0. The molecule has 2 amide bonds. The minimum Gasteiger partial charge on any atom is -0.493 e. The van der Waals surface area contributed by atoms with Crippen LogP contribution in [0, 0.1) is 0 Å². The van der Waals surface area contributed by atoms with E-state index in [1.165, 1.54) is 20.3 Å². The van der Waals surface area contributed by atoms with Crippen LogP contribution >= 0.6 is 0 Å². The Hall–Kier alpha value is -3.31. The standard InChI is InChI=1S/C24H36N2O9/c1-24(2,3)35-23(29)26-11-13-33-15-14-32-12-10-25-21(27)17-34-19-8-6-18(16-20(19)30-4)7-9-22(28)31-5/h6-9,16H,10-15,17H2,1-5H3,(H,25,27)(H,26,29)/b9-7+. The molecule has 35 heavy (non-hydrogen) atoms. The third kappa shape index (κ3) is 14.5. The second-order valence-electron chi connectivity index (χ2n) is 8.06. The fourth-order valence-corrected chi connectivity index (χ4v) is 2.46. The summed E-state index contributed by atoms with van der Waals surface area (Å²) < 4.78 is 31.2. The maximum absolute atomic E-state index is 12.0. The lowest BCUT2D eigenvalue weighted by atomic mass is 10.2. The minimum absolute atomic E-state index is 0.193. The molecule has 0 unspecified atom stereocenters. The summed E-state index contributed by atoms with van der Waals surface area (Å²) in [5.41, 5.74) is 0.175. The van der Waals surface area contributed by atoms with Crippen LogP contribution in [0.2, 0.25) is 0 Å². The molecule has 0 spiro atoms. The molecule has 0 heterocycles. The first-order valence-corrected chi connectivity index (χ1v) is 11.1. The molecule has 0 saturated heterocycles. The first-order chi connectivity index (χ1) is 16.6. The summed E-state index contributed by atoms with van der Waals surface area (Å²) in [7, 11) is 2.78. The summed E-state index contributed by atoms with van der Waals surface area (Å²) in [5, 5.41) is 5.28. The third-order valence-corrected chi connectivity index (χ3v) is 4.01. The Balaban J connectivity index is 2.14. The molecule has 0 aliphatic heterocycles. The number of ether oxygens (including phenoxy) is 6. The fraction of sp³-hybridized carbons (Fsp3) is 0.542. The minimum atomic E-state index is -0.537. The van der Waals surface area contributed by atoms with E-state index in [-0.39, 0.29) is 12.5 Å². The van der Waals surface area contributed by atoms with E-state index in [2.05, 4.69) is 15.4 Å². The topological polar surface area (TPSA) is 131 Å². The van der Waals surface area contributed by atoms with Crippen molar-refractivity contribution >= 4 is 24.0 Å². The molecular weight excluding hydrogens is 460 g/mol. The van der Waals surface area contributed by atoms with Crippen LogP contribution < -0.4 is 20.1 Å². The zero-order chi connectivity index (χ0) is 26.1. The van der Waals surface area contributed by atoms with Crippen molar-refractivity contribution in [2.45, 2.75) is 26.4 Å². The Morgan fingerprint density at radius 2 is 1.57 bits per heavy atom. The molecule has 11 heteroatoms. The van der Waals surface area contributed by atoms with Gasteiger partial charge in [0, 0.05) is 19.2 Å². The first-order valence-electron chi connectivity index (χ1n) is 11.1. The highest BCUT2D eigenvalue weighted by Crippen LogP contribution is 2.28. The van der Waals surface area contributed by atoms with E-state index in [0.717, 1.165) is 0 Å². The van der Waals surface area contributed by atoms with Gasteiger partial charge in [-0.1, -0.05) is 6.07 Å². The zero-order valence-corrected chi connectivity index (χ0v) is 21.0. The van der Waals surface area contributed by atoms with E-state index < -0.39 is 17.7 Å². The van der Waals surface area contributed by atoms with Crippen molar-refractivity contribution in [1.29, 1.82) is 0 Å². The van der Waals surface area contributed by atoms with E-state index >= 15 is 0 Å². The molecule has 0 aliphatic carbocycles. The van der Waals surface area contributed by atoms with E-state index in [1.54, 1.807) is 45.0 Å². The van der Waals surface area contributed by atoms with Crippen molar-refractivity contribution in [2.24, 2.45) is 0 Å². The highest BCUT2D eigenvalue weighted by atomic mass is 16.6. The first kappa shape index (κ1) is 29.7. The van der Waals surface area contributed by atoms with Gasteiger partial charge >= 0.3 is 12.1 Å². The summed E-state index contributed by atoms with van der Waals surface area (Å²) in [4.78, 5) is 34.6. The van der Waals surface area contributed by atoms with E-state index in [0.29, 0.717) is 56.6 Å². The number of amides is 2. The van der Waals surface area contributed by atoms with Crippen LogP contribution in [0.5, 0.6) is 11.5 Å². The average molecular weight is 497 g/mol. The van der Waals surface area contributed by atoms with Gasteiger partial charge < -0.3 is 39.1 Å². The van der Waals surface area contributed by atoms with Crippen LogP contribution in [0.3, 0.4) is 0 Å². The number of rotatable bonds is 15. The molecule has 1 rings (SSSR count). The molecule has 0 aliphatic rings. The molecule has 0 bridgehead atoms. The number of carbonyl (C=O) groups excluding carboxylic acids is 3. The Morgan fingerprint density at radius 1 is 0.914 bits per heavy atom. The fourth-order valence-electron chi connectivity index (χ4n) is 2.46. The van der Waals surface area contributed by atoms with Gasteiger partial charge in [-0.25, -0.2) is 9.59 Å². The Morgan fingerprint density at radius 3 is 2.17 bits per heavy atom. The number of hydrogen-bond acceptors (Lipinski definition) is 9. The van der Waals surface area contributed by atoms with Gasteiger partial charge in [0.2, 0.25) is 0 Å². The number of benzene rings is 1. The number of esters is 1. The normalized spacial score (nSPS) is 11.1. The monoisotopic (exact) mass is 496 g/mol. The maximum Gasteiger partial charge on any atom is 0.407 e. The average Bonchev–Trinajstić information content (AvgIpc) is 2.81. The second-order valence-corrected chi connectivity index (χ2v) is 8.06. The lowest BCUT2D eigenvalue weighted by Gasteiger charge is -2.19. The zero-order valence-electron chi connectivity index (χ0n) is 21.0. The quantitative estimate of drug-likeness (QED) is 0.212. The van der Waals surface area contributed by atoms with Gasteiger partial charge in [0.1, 0.15) is 5.60 Å². The predicted octanol–water partition coefficient (Wildman–Crippen LogP) is 1.93. The summed E-state index contributed by atoms with van der Waals surface area (Å²) in [5.74, 6) is 0.0433. The molecule has 196 valence electrons. The van der Waals surface area contributed by atoms with Gasteiger partial charge in [-0.2, -0.15) is 0 Å². The van der Waals surface area contributed by atoms with Gasteiger partial charge in [0.25, 0.3) is 5.91 Å². The van der Waals surface area contributed by atoms with Crippen molar-refractivity contribution in [3.8, 4) is 11.5 Å². The molecule has 0 aromatic heterocycles. The molecule has 1 aromatic carbocycles. The van der Waals surface area contributed by atoms with Gasteiger partial charge in [0.05, 0.1) is 40.6 Å². The number of methoxy groups -OCH3 is 2. The van der Waals surface area contributed by atoms with Crippen LogP contribution in [0.4, 0.5) is 4.79 Å². The van der Waals surface area contributed by atoms with Crippen LogP contribution in [0.25, 0.3) is 6.08 Å². The van der Waals surface area contributed by atoms with Crippen molar-refractivity contribution in [2.75, 3.05) is 60.3 Å². The summed E-state index contributed by atoms with van der Waals surface area (Å²) >= 11 is 0. The number of alkyl carbamates (subject to hydrolysis) is 1. The number of carbonyl (C=O) groups is 3. The second kappa shape index (κ2) is 16.3. The van der Waals surface area contributed by atoms with Gasteiger partial charge in [0.15, 0.2) is 18.1 Å². The highest BCUT2D eigenvalue weighted by molar-refractivity contribution is 5.87. The summed E-state index contributed by atoms with van der Waals surface area (Å²) in [6.07, 6.45) is 2.39. The van der Waals surface area contributed by atoms with Gasteiger partial charge in [-0.3, -0.25) is 4.79 Å². The molecule has 0 saturated carbocycles. The Kier molecular flexibility index (Phi) is 13.9. The molecule has 2 N–H and O–H groups in total. The predicted molar refractivity (Wildman–Crippen MR) is 128 cm³/mol. The van der Waals surface area contributed by atoms with Crippen molar-refractivity contribution in [3.63, 3.8) is 0 Å². The lowest BCUT2D eigenvalue weighted by molar-refractivity contribution is -0.134. The smallest absolute Gasteiger partial charge is 0.407 e. The molecule has 0 radical (unpaired) electrons. The van der Waals surface area contributed by atoms with Gasteiger partial charge in [-0.15, -0.1) is 0 Å². The molecule has 0 atom stereocenters. The van der Waals surface area contributed by atoms with Crippen LogP contribution in [0.15, 0.2) is 24.3 Å². The van der Waals surface area contributed by atoms with Crippen molar-refractivity contribution in [3.05, 3.63) is 29.8 Å². The molecule has 0 fully saturated rings. The van der Waals surface area contributed by atoms with E-state index in [9.17, 15) is 14.4 Å². The van der Waals surface area contributed by atoms with Crippen LogP contribution in [0.1, 0.15) is 26.3 Å². The summed E-state index contributed by atoms with van der Waals surface area (Å²) in [6, 6.07) is 5.05. The van der Waals surface area contributed by atoms with E-state index in [1.807, 2.05) is 0 Å². The van der Waals surface area contributed by atoms with Crippen molar-refractivity contribution < 1.29 is 42.8 Å². The lowest BCUT2D eigenvalue weighted by Crippen LogP contribution is -2.34. The Bertz CT molecular complexity index is 835.